The first kappa shape index (κ1) is 21.1. The van der Waals surface area contributed by atoms with Gasteiger partial charge in [0, 0.05) is 31.7 Å². The summed E-state index contributed by atoms with van der Waals surface area (Å²) in [6.45, 7) is 4.94. The van der Waals surface area contributed by atoms with Crippen molar-refractivity contribution in [1.82, 2.24) is 15.1 Å². The van der Waals surface area contributed by atoms with E-state index in [-0.39, 0.29) is 30.7 Å². The Kier molecular flexibility index (Phi) is 6.53. The number of halogens is 1. The van der Waals surface area contributed by atoms with Gasteiger partial charge in [-0.25, -0.2) is 4.39 Å². The van der Waals surface area contributed by atoms with Gasteiger partial charge < -0.3 is 25.0 Å². The lowest BCUT2D eigenvalue weighted by Gasteiger charge is -2.38. The molecule has 1 aliphatic carbocycles. The standard InChI is InChI=1S/C22H30FN3O4/c23-19-4-3-17(9-20(19)27)22(29)24-10-18-13-26(21(28)14-30-18)12-16-5-7-25(8-6-16)11-15-1-2-15/h3-4,9,15-16,18,27H,1-2,5-8,10-14H2,(H,24,29). The number of nitrogens with one attached hydrogen (secondary N) is 1. The molecule has 1 aromatic rings. The van der Waals surface area contributed by atoms with Gasteiger partial charge in [-0.05, 0) is 68.8 Å². The smallest absolute Gasteiger partial charge is 0.251 e. The summed E-state index contributed by atoms with van der Waals surface area (Å²) < 4.78 is 18.7. The first-order valence-corrected chi connectivity index (χ1v) is 10.9. The average Bonchev–Trinajstić information content (AvgIpc) is 3.56. The van der Waals surface area contributed by atoms with Crippen LogP contribution in [-0.4, -0.2) is 78.7 Å². The topological polar surface area (TPSA) is 82.1 Å². The number of phenolic OH excluding ortho intramolecular Hbond substituents is 1. The van der Waals surface area contributed by atoms with Gasteiger partial charge in [0.1, 0.15) is 6.61 Å². The lowest BCUT2D eigenvalue weighted by Crippen LogP contribution is -2.52. The van der Waals surface area contributed by atoms with Crippen molar-refractivity contribution in [2.45, 2.75) is 31.8 Å². The van der Waals surface area contributed by atoms with Crippen LogP contribution in [-0.2, 0) is 9.53 Å². The minimum atomic E-state index is -0.769. The number of hydrogen-bond acceptors (Lipinski definition) is 5. The van der Waals surface area contributed by atoms with Crippen LogP contribution >= 0.6 is 0 Å². The molecule has 0 bridgehead atoms. The van der Waals surface area contributed by atoms with Gasteiger partial charge >= 0.3 is 0 Å². The van der Waals surface area contributed by atoms with Crippen molar-refractivity contribution in [1.29, 1.82) is 0 Å². The van der Waals surface area contributed by atoms with E-state index in [1.807, 2.05) is 4.90 Å². The van der Waals surface area contributed by atoms with Crippen molar-refractivity contribution in [3.63, 3.8) is 0 Å². The first-order valence-electron chi connectivity index (χ1n) is 10.9. The van der Waals surface area contributed by atoms with Crippen molar-refractivity contribution in [2.75, 3.05) is 45.9 Å². The molecule has 1 saturated carbocycles. The fourth-order valence-electron chi connectivity index (χ4n) is 4.27. The summed E-state index contributed by atoms with van der Waals surface area (Å²) in [6, 6.07) is 3.47. The number of amides is 2. The number of benzene rings is 1. The minimum Gasteiger partial charge on any atom is -0.505 e. The average molecular weight is 419 g/mol. The summed E-state index contributed by atoms with van der Waals surface area (Å²) in [5.74, 6) is -0.315. The predicted octanol–water partition coefficient (Wildman–Crippen LogP) is 1.61. The Morgan fingerprint density at radius 1 is 1.17 bits per heavy atom. The Balaban J connectivity index is 1.22. The van der Waals surface area contributed by atoms with Crippen molar-refractivity contribution < 1.29 is 23.8 Å². The number of carbonyl (C=O) groups is 2. The van der Waals surface area contributed by atoms with Crippen LogP contribution in [0.1, 0.15) is 36.0 Å². The second kappa shape index (κ2) is 9.31. The first-order chi connectivity index (χ1) is 14.5. The number of phenols is 1. The maximum atomic E-state index is 13.1. The molecule has 30 heavy (non-hydrogen) atoms. The Morgan fingerprint density at radius 3 is 2.60 bits per heavy atom. The second-order valence-electron chi connectivity index (χ2n) is 8.80. The molecule has 4 rings (SSSR count). The van der Waals surface area contributed by atoms with Crippen molar-refractivity contribution in [3.05, 3.63) is 29.6 Å². The molecule has 3 fully saturated rings. The van der Waals surface area contributed by atoms with Gasteiger partial charge in [-0.3, -0.25) is 9.59 Å². The van der Waals surface area contributed by atoms with E-state index in [1.165, 1.54) is 25.5 Å². The monoisotopic (exact) mass is 419 g/mol. The number of hydrogen-bond donors (Lipinski definition) is 2. The molecule has 2 amide bonds. The molecule has 2 N–H and O–H groups in total. The van der Waals surface area contributed by atoms with E-state index in [1.54, 1.807) is 0 Å². The van der Waals surface area contributed by atoms with Crippen LogP contribution in [0, 0.1) is 17.7 Å². The van der Waals surface area contributed by atoms with E-state index >= 15 is 0 Å². The zero-order chi connectivity index (χ0) is 21.1. The molecule has 2 saturated heterocycles. The number of rotatable bonds is 7. The Bertz CT molecular complexity index is 778. The predicted molar refractivity (Wildman–Crippen MR) is 109 cm³/mol. The highest BCUT2D eigenvalue weighted by atomic mass is 19.1. The highest BCUT2D eigenvalue weighted by Gasteiger charge is 2.31. The Hall–Kier alpha value is -2.19. The number of aromatic hydroxyl groups is 1. The van der Waals surface area contributed by atoms with E-state index < -0.39 is 17.5 Å². The third kappa shape index (κ3) is 5.49. The van der Waals surface area contributed by atoms with Gasteiger partial charge in [0.25, 0.3) is 5.91 Å². The van der Waals surface area contributed by atoms with E-state index in [9.17, 15) is 19.1 Å². The molecular weight excluding hydrogens is 389 g/mol. The maximum Gasteiger partial charge on any atom is 0.251 e. The molecule has 0 spiro atoms. The number of ether oxygens (including phenoxy) is 1. The highest BCUT2D eigenvalue weighted by Crippen LogP contribution is 2.31. The molecule has 0 radical (unpaired) electrons. The van der Waals surface area contributed by atoms with E-state index in [4.69, 9.17) is 4.74 Å². The van der Waals surface area contributed by atoms with E-state index in [0.29, 0.717) is 12.5 Å². The van der Waals surface area contributed by atoms with Crippen molar-refractivity contribution in [2.24, 2.45) is 11.8 Å². The Morgan fingerprint density at radius 2 is 1.90 bits per heavy atom. The summed E-state index contributed by atoms with van der Waals surface area (Å²) in [7, 11) is 0. The third-order valence-electron chi connectivity index (χ3n) is 6.32. The van der Waals surface area contributed by atoms with Crippen LogP contribution in [0.3, 0.4) is 0 Å². The van der Waals surface area contributed by atoms with Crippen LogP contribution in [0.5, 0.6) is 5.75 Å². The molecule has 7 nitrogen and oxygen atoms in total. The van der Waals surface area contributed by atoms with Crippen LogP contribution in [0.15, 0.2) is 18.2 Å². The fourth-order valence-corrected chi connectivity index (χ4v) is 4.27. The lowest BCUT2D eigenvalue weighted by molar-refractivity contribution is -0.149. The van der Waals surface area contributed by atoms with Crippen molar-refractivity contribution >= 4 is 11.8 Å². The van der Waals surface area contributed by atoms with Crippen LogP contribution in [0.4, 0.5) is 4.39 Å². The van der Waals surface area contributed by atoms with Crippen LogP contribution in [0.25, 0.3) is 0 Å². The molecular formula is C22H30FN3O4. The molecule has 8 heteroatoms. The zero-order valence-electron chi connectivity index (χ0n) is 17.2. The molecule has 2 heterocycles. The summed E-state index contributed by atoms with van der Waals surface area (Å²) in [5.41, 5.74) is 0.176. The second-order valence-corrected chi connectivity index (χ2v) is 8.80. The fraction of sp³-hybridized carbons (Fsp3) is 0.636. The van der Waals surface area contributed by atoms with Gasteiger partial charge in [0.05, 0.1) is 6.10 Å². The summed E-state index contributed by atoms with van der Waals surface area (Å²) in [5, 5.41) is 12.2. The van der Waals surface area contributed by atoms with Gasteiger partial charge in [-0.2, -0.15) is 0 Å². The highest BCUT2D eigenvalue weighted by molar-refractivity contribution is 5.94. The van der Waals surface area contributed by atoms with E-state index in [0.717, 1.165) is 50.5 Å². The SMILES string of the molecule is O=C(NCC1CN(CC2CCN(CC3CC3)CC2)C(=O)CO1)c1ccc(F)c(O)c1. The number of likely N-dealkylation sites (tertiary alicyclic amines) is 1. The number of morpholine rings is 1. The van der Waals surface area contributed by atoms with Crippen LogP contribution in [0.2, 0.25) is 0 Å². The van der Waals surface area contributed by atoms with Gasteiger partial charge in [0.2, 0.25) is 5.91 Å². The molecule has 1 atom stereocenters. The maximum absolute atomic E-state index is 13.1. The zero-order valence-corrected chi connectivity index (χ0v) is 17.2. The Labute approximate surface area is 176 Å². The van der Waals surface area contributed by atoms with Gasteiger partial charge in [-0.15, -0.1) is 0 Å². The minimum absolute atomic E-state index is 0.00134. The molecule has 1 unspecified atom stereocenters. The van der Waals surface area contributed by atoms with Gasteiger partial charge in [-0.1, -0.05) is 0 Å². The van der Waals surface area contributed by atoms with Gasteiger partial charge in [0.15, 0.2) is 11.6 Å². The third-order valence-corrected chi connectivity index (χ3v) is 6.32. The van der Waals surface area contributed by atoms with Crippen molar-refractivity contribution in [3.8, 4) is 5.75 Å². The normalized spacial score (nSPS) is 23.6. The molecule has 2 aliphatic heterocycles. The molecule has 3 aliphatic rings. The summed E-state index contributed by atoms with van der Waals surface area (Å²) >= 11 is 0. The number of piperidine rings is 1. The molecule has 164 valence electrons. The molecule has 0 aromatic heterocycles. The largest absolute Gasteiger partial charge is 0.505 e. The lowest BCUT2D eigenvalue weighted by atomic mass is 9.95. The quantitative estimate of drug-likeness (QED) is 0.702. The van der Waals surface area contributed by atoms with E-state index in [2.05, 4.69) is 10.2 Å². The number of carbonyl (C=O) groups excluding carboxylic acids is 2. The number of nitrogens with zero attached hydrogens (tertiary/aromatic N) is 2. The summed E-state index contributed by atoms with van der Waals surface area (Å²) in [6.07, 6.45) is 4.71. The molecule has 1 aromatic carbocycles. The van der Waals surface area contributed by atoms with Crippen LogP contribution < -0.4 is 5.32 Å². The summed E-state index contributed by atoms with van der Waals surface area (Å²) in [4.78, 5) is 29.0.